The Morgan fingerprint density at radius 2 is 1.71 bits per heavy atom. The highest BCUT2D eigenvalue weighted by atomic mass is 19.4. The molecule has 1 N–H and O–H groups in total. The molecule has 5 nitrogen and oxygen atoms in total. The van der Waals surface area contributed by atoms with Gasteiger partial charge < -0.3 is 10.2 Å². The van der Waals surface area contributed by atoms with Crippen LogP contribution in [0.5, 0.6) is 0 Å². The fraction of sp³-hybridized carbons (Fsp3) is 0.500. The minimum Gasteiger partial charge on any atom is -0.352 e. The summed E-state index contributed by atoms with van der Waals surface area (Å²) in [5, 5.41) is 2.99. The van der Waals surface area contributed by atoms with E-state index in [0.29, 0.717) is 37.8 Å². The second-order valence-electron chi connectivity index (χ2n) is 7.27. The van der Waals surface area contributed by atoms with Crippen LogP contribution in [0.25, 0.3) is 6.08 Å². The van der Waals surface area contributed by atoms with Crippen molar-refractivity contribution in [2.45, 2.75) is 38.0 Å². The summed E-state index contributed by atoms with van der Waals surface area (Å²) in [5.74, 6) is -0.154. The number of benzene rings is 1. The van der Waals surface area contributed by atoms with Crippen LogP contribution in [0.15, 0.2) is 30.3 Å². The van der Waals surface area contributed by atoms with Crippen LogP contribution in [0.4, 0.5) is 13.2 Å². The summed E-state index contributed by atoms with van der Waals surface area (Å²) >= 11 is 0. The molecule has 152 valence electrons. The van der Waals surface area contributed by atoms with Gasteiger partial charge in [0.15, 0.2) is 0 Å². The molecule has 0 spiro atoms. The molecule has 2 fully saturated rings. The summed E-state index contributed by atoms with van der Waals surface area (Å²) in [6.45, 7) is 4.12. The largest absolute Gasteiger partial charge is 0.416 e. The molecule has 0 aromatic heterocycles. The van der Waals surface area contributed by atoms with Gasteiger partial charge in [0, 0.05) is 38.3 Å². The Labute approximate surface area is 162 Å². The monoisotopic (exact) mass is 395 g/mol. The lowest BCUT2D eigenvalue weighted by atomic mass is 10.1. The van der Waals surface area contributed by atoms with Gasteiger partial charge in [0.2, 0.25) is 11.8 Å². The third kappa shape index (κ3) is 5.34. The van der Waals surface area contributed by atoms with Crippen LogP contribution >= 0.6 is 0 Å². The first-order chi connectivity index (χ1) is 13.2. The molecule has 2 amide bonds. The third-order valence-corrected chi connectivity index (χ3v) is 5.13. The molecule has 8 heteroatoms. The van der Waals surface area contributed by atoms with Crippen LogP contribution in [0, 0.1) is 0 Å². The highest BCUT2D eigenvalue weighted by Crippen LogP contribution is 2.29. The van der Waals surface area contributed by atoms with Gasteiger partial charge >= 0.3 is 6.18 Å². The van der Waals surface area contributed by atoms with E-state index in [0.717, 1.165) is 25.0 Å². The number of hydrogen-bond donors (Lipinski definition) is 1. The lowest BCUT2D eigenvalue weighted by molar-refractivity contribution is -0.137. The van der Waals surface area contributed by atoms with Gasteiger partial charge in [0.05, 0.1) is 11.6 Å². The van der Waals surface area contributed by atoms with Crippen LogP contribution < -0.4 is 5.32 Å². The first-order valence-corrected chi connectivity index (χ1v) is 9.43. The van der Waals surface area contributed by atoms with Crippen molar-refractivity contribution in [1.82, 2.24) is 15.1 Å². The highest BCUT2D eigenvalue weighted by Gasteiger charge is 2.31. The smallest absolute Gasteiger partial charge is 0.352 e. The first kappa shape index (κ1) is 20.4. The Bertz CT molecular complexity index is 734. The minimum absolute atomic E-state index is 0.0319. The lowest BCUT2D eigenvalue weighted by Gasteiger charge is -2.37. The number of piperazine rings is 1. The van der Waals surface area contributed by atoms with Gasteiger partial charge in [-0.15, -0.1) is 0 Å². The molecule has 1 aliphatic heterocycles. The van der Waals surface area contributed by atoms with E-state index in [1.807, 2.05) is 6.92 Å². The molecular weight excluding hydrogens is 371 g/mol. The number of hydrogen-bond acceptors (Lipinski definition) is 3. The molecule has 0 bridgehead atoms. The van der Waals surface area contributed by atoms with Gasteiger partial charge in [-0.3, -0.25) is 14.5 Å². The van der Waals surface area contributed by atoms with Crippen LogP contribution in [-0.2, 0) is 15.8 Å². The maximum absolute atomic E-state index is 12.6. The standard InChI is InChI=1S/C20H24F3N3O2/c1-14(19(28)24-17-7-8-17)25-10-12-26(13-11-25)18(27)9-4-15-2-5-16(6-3-15)20(21,22)23/h2-6,9,14,17H,7-8,10-13H2,1H3,(H,24,28). The number of rotatable bonds is 5. The van der Waals surface area contributed by atoms with Crippen LogP contribution in [0.2, 0.25) is 0 Å². The van der Waals surface area contributed by atoms with Gasteiger partial charge in [-0.1, -0.05) is 12.1 Å². The van der Waals surface area contributed by atoms with Gasteiger partial charge in [0.25, 0.3) is 0 Å². The minimum atomic E-state index is -4.37. The molecule has 1 aliphatic carbocycles. The molecular formula is C20H24F3N3O2. The second kappa shape index (κ2) is 8.34. The van der Waals surface area contributed by atoms with Crippen LogP contribution in [0.3, 0.4) is 0 Å². The second-order valence-corrected chi connectivity index (χ2v) is 7.27. The molecule has 1 heterocycles. The summed E-state index contributed by atoms with van der Waals surface area (Å²) in [7, 11) is 0. The van der Waals surface area contributed by atoms with E-state index in [4.69, 9.17) is 0 Å². The van der Waals surface area contributed by atoms with E-state index in [1.165, 1.54) is 24.3 Å². The Balaban J connectivity index is 1.48. The molecule has 1 unspecified atom stereocenters. The zero-order valence-corrected chi connectivity index (χ0v) is 15.7. The number of carbonyl (C=O) groups excluding carboxylic acids is 2. The molecule has 28 heavy (non-hydrogen) atoms. The van der Waals surface area contributed by atoms with Crippen molar-refractivity contribution in [3.05, 3.63) is 41.5 Å². The Kier molecular flexibility index (Phi) is 6.07. The number of alkyl halides is 3. The van der Waals surface area contributed by atoms with Crippen molar-refractivity contribution in [2.24, 2.45) is 0 Å². The van der Waals surface area contributed by atoms with E-state index in [9.17, 15) is 22.8 Å². The fourth-order valence-electron chi connectivity index (χ4n) is 3.10. The Morgan fingerprint density at radius 3 is 2.25 bits per heavy atom. The molecule has 1 saturated carbocycles. The topological polar surface area (TPSA) is 52.7 Å². The molecule has 1 saturated heterocycles. The first-order valence-electron chi connectivity index (χ1n) is 9.43. The molecule has 3 rings (SSSR count). The predicted molar refractivity (Wildman–Crippen MR) is 99.3 cm³/mol. The summed E-state index contributed by atoms with van der Waals surface area (Å²) in [4.78, 5) is 28.2. The molecule has 1 atom stereocenters. The van der Waals surface area contributed by atoms with E-state index in [-0.39, 0.29) is 17.9 Å². The number of halogens is 3. The van der Waals surface area contributed by atoms with Gasteiger partial charge in [-0.05, 0) is 43.5 Å². The van der Waals surface area contributed by atoms with E-state index < -0.39 is 11.7 Å². The maximum atomic E-state index is 12.6. The predicted octanol–water partition coefficient (Wildman–Crippen LogP) is 2.53. The van der Waals surface area contributed by atoms with Gasteiger partial charge in [0.1, 0.15) is 0 Å². The lowest BCUT2D eigenvalue weighted by Crippen LogP contribution is -2.55. The number of nitrogens with one attached hydrogen (secondary N) is 1. The van der Waals surface area contributed by atoms with E-state index >= 15 is 0 Å². The zero-order chi connectivity index (χ0) is 20.3. The zero-order valence-electron chi connectivity index (χ0n) is 15.7. The van der Waals surface area contributed by atoms with Crippen molar-refractivity contribution in [3.8, 4) is 0 Å². The van der Waals surface area contributed by atoms with Crippen molar-refractivity contribution in [2.75, 3.05) is 26.2 Å². The summed E-state index contributed by atoms with van der Waals surface area (Å²) in [6.07, 6.45) is 0.616. The molecule has 2 aliphatic rings. The van der Waals surface area contributed by atoms with Gasteiger partial charge in [-0.2, -0.15) is 13.2 Å². The third-order valence-electron chi connectivity index (χ3n) is 5.13. The van der Waals surface area contributed by atoms with Gasteiger partial charge in [-0.25, -0.2) is 0 Å². The van der Waals surface area contributed by atoms with Crippen LogP contribution in [-0.4, -0.2) is 59.9 Å². The number of amides is 2. The highest BCUT2D eigenvalue weighted by molar-refractivity contribution is 5.91. The maximum Gasteiger partial charge on any atom is 0.416 e. The Morgan fingerprint density at radius 1 is 1.11 bits per heavy atom. The van der Waals surface area contributed by atoms with Crippen molar-refractivity contribution < 1.29 is 22.8 Å². The molecule has 0 radical (unpaired) electrons. The van der Waals surface area contributed by atoms with E-state index in [2.05, 4.69) is 10.2 Å². The quantitative estimate of drug-likeness (QED) is 0.780. The van der Waals surface area contributed by atoms with E-state index in [1.54, 1.807) is 4.90 Å². The summed E-state index contributed by atoms with van der Waals surface area (Å²) in [6, 6.07) is 4.78. The van der Waals surface area contributed by atoms with Crippen LogP contribution in [0.1, 0.15) is 30.9 Å². The van der Waals surface area contributed by atoms with Crippen molar-refractivity contribution in [1.29, 1.82) is 0 Å². The number of nitrogens with zero attached hydrogens (tertiary/aromatic N) is 2. The van der Waals surface area contributed by atoms with Crippen molar-refractivity contribution >= 4 is 17.9 Å². The normalized spacial score (nSPS) is 19.6. The van der Waals surface area contributed by atoms with Crippen molar-refractivity contribution in [3.63, 3.8) is 0 Å². The fourth-order valence-corrected chi connectivity index (χ4v) is 3.10. The average molecular weight is 395 g/mol. The summed E-state index contributed by atoms with van der Waals surface area (Å²) < 4.78 is 37.7. The SMILES string of the molecule is CC(C(=O)NC1CC1)N1CCN(C(=O)C=Cc2ccc(C(F)(F)F)cc2)CC1. The molecule has 1 aromatic rings. The molecule has 1 aromatic carbocycles. The summed E-state index contributed by atoms with van der Waals surface area (Å²) in [5.41, 5.74) is -0.183. The average Bonchev–Trinajstić information content (AvgIpc) is 3.49. The number of carbonyl (C=O) groups is 2. The Hall–Kier alpha value is -2.35.